The molecule has 0 aromatic heterocycles. The number of hydrogen-bond acceptors (Lipinski definition) is 3. The third-order valence-electron chi connectivity index (χ3n) is 2.79. The SMILES string of the molecule is CCOC[C@@H]1CCCCN1C(=O)/C=C/C(=O)O. The number of piperidine rings is 1. The number of hydrogen-bond donors (Lipinski definition) is 1. The zero-order valence-electron chi connectivity index (χ0n) is 10.1. The second kappa shape index (κ2) is 7.06. The number of rotatable bonds is 5. The smallest absolute Gasteiger partial charge is 0.328 e. The molecule has 0 aromatic carbocycles. The molecule has 1 atom stereocenters. The minimum absolute atomic E-state index is 0.0784. The van der Waals surface area contributed by atoms with Crippen LogP contribution in [0.2, 0.25) is 0 Å². The number of carbonyl (C=O) groups is 2. The maximum absolute atomic E-state index is 11.8. The molecule has 5 nitrogen and oxygen atoms in total. The molecule has 1 aliphatic rings. The Morgan fingerprint density at radius 3 is 2.82 bits per heavy atom. The fourth-order valence-electron chi connectivity index (χ4n) is 1.96. The molecule has 0 aromatic rings. The molecule has 0 bridgehead atoms. The van der Waals surface area contributed by atoms with Gasteiger partial charge >= 0.3 is 5.97 Å². The standard InChI is InChI=1S/C12H19NO4/c1-2-17-9-10-5-3-4-8-13(10)11(14)6-7-12(15)16/h6-7,10H,2-5,8-9H2,1H3,(H,15,16)/b7-6+/t10-/m0/s1. The van der Waals surface area contributed by atoms with E-state index in [9.17, 15) is 9.59 Å². The lowest BCUT2D eigenvalue weighted by Crippen LogP contribution is -2.45. The molecule has 0 spiro atoms. The first-order valence-electron chi connectivity index (χ1n) is 5.94. The highest BCUT2D eigenvalue weighted by Gasteiger charge is 2.25. The summed E-state index contributed by atoms with van der Waals surface area (Å²) in [7, 11) is 0. The monoisotopic (exact) mass is 241 g/mol. The van der Waals surface area contributed by atoms with E-state index >= 15 is 0 Å². The maximum atomic E-state index is 11.8. The van der Waals surface area contributed by atoms with Crippen molar-refractivity contribution in [1.29, 1.82) is 0 Å². The van der Waals surface area contributed by atoms with Crippen LogP contribution in [0.5, 0.6) is 0 Å². The second-order valence-electron chi connectivity index (χ2n) is 4.01. The van der Waals surface area contributed by atoms with E-state index in [0.717, 1.165) is 31.4 Å². The summed E-state index contributed by atoms with van der Waals surface area (Å²) in [6.45, 7) is 3.76. The predicted molar refractivity (Wildman–Crippen MR) is 62.6 cm³/mol. The normalized spacial score (nSPS) is 20.8. The zero-order valence-corrected chi connectivity index (χ0v) is 10.1. The van der Waals surface area contributed by atoms with Gasteiger partial charge in [0, 0.05) is 25.3 Å². The fourth-order valence-corrected chi connectivity index (χ4v) is 1.96. The number of carbonyl (C=O) groups excluding carboxylic acids is 1. The third-order valence-corrected chi connectivity index (χ3v) is 2.79. The van der Waals surface area contributed by atoms with Crippen LogP contribution >= 0.6 is 0 Å². The number of ether oxygens (including phenoxy) is 1. The average molecular weight is 241 g/mol. The van der Waals surface area contributed by atoms with Crippen LogP contribution in [-0.2, 0) is 14.3 Å². The van der Waals surface area contributed by atoms with Crippen molar-refractivity contribution in [1.82, 2.24) is 4.90 Å². The molecule has 1 amide bonds. The fraction of sp³-hybridized carbons (Fsp3) is 0.667. The Hall–Kier alpha value is -1.36. The summed E-state index contributed by atoms with van der Waals surface area (Å²) < 4.78 is 5.34. The summed E-state index contributed by atoms with van der Waals surface area (Å²) >= 11 is 0. The summed E-state index contributed by atoms with van der Waals surface area (Å²) in [5.41, 5.74) is 0. The van der Waals surface area contributed by atoms with E-state index in [1.54, 1.807) is 4.90 Å². The van der Waals surface area contributed by atoms with Crippen LogP contribution in [0.15, 0.2) is 12.2 Å². The largest absolute Gasteiger partial charge is 0.478 e. The van der Waals surface area contributed by atoms with Crippen LogP contribution in [0.4, 0.5) is 0 Å². The quantitative estimate of drug-likeness (QED) is 0.730. The summed E-state index contributed by atoms with van der Waals surface area (Å²) in [5.74, 6) is -1.34. The number of aliphatic carboxylic acids is 1. The van der Waals surface area contributed by atoms with Gasteiger partial charge in [0.1, 0.15) is 0 Å². The van der Waals surface area contributed by atoms with Crippen LogP contribution in [0.25, 0.3) is 0 Å². The van der Waals surface area contributed by atoms with E-state index in [4.69, 9.17) is 9.84 Å². The second-order valence-corrected chi connectivity index (χ2v) is 4.01. The molecule has 1 saturated heterocycles. The van der Waals surface area contributed by atoms with Gasteiger partial charge in [-0.2, -0.15) is 0 Å². The van der Waals surface area contributed by atoms with Gasteiger partial charge in [-0.05, 0) is 26.2 Å². The molecule has 1 N–H and O–H groups in total. The Morgan fingerprint density at radius 1 is 1.41 bits per heavy atom. The molecule has 96 valence electrons. The highest BCUT2D eigenvalue weighted by molar-refractivity contribution is 5.94. The summed E-state index contributed by atoms with van der Waals surface area (Å²) in [6, 6.07) is 0.0784. The highest BCUT2D eigenvalue weighted by Crippen LogP contribution is 2.17. The first-order valence-corrected chi connectivity index (χ1v) is 5.94. The molecule has 0 saturated carbocycles. The van der Waals surface area contributed by atoms with Crippen molar-refractivity contribution >= 4 is 11.9 Å². The Labute approximate surface area is 101 Å². The van der Waals surface area contributed by atoms with E-state index in [-0.39, 0.29) is 11.9 Å². The van der Waals surface area contributed by atoms with Gasteiger partial charge in [-0.25, -0.2) is 4.79 Å². The van der Waals surface area contributed by atoms with Crippen molar-refractivity contribution in [2.24, 2.45) is 0 Å². The first kappa shape index (κ1) is 13.7. The summed E-state index contributed by atoms with van der Waals surface area (Å²) in [5, 5.41) is 8.49. The number of amides is 1. The van der Waals surface area contributed by atoms with E-state index in [2.05, 4.69) is 0 Å². The Balaban J connectivity index is 2.57. The van der Waals surface area contributed by atoms with E-state index in [1.165, 1.54) is 0 Å². The first-order chi connectivity index (χ1) is 8.15. The molecule has 1 heterocycles. The van der Waals surface area contributed by atoms with E-state index in [0.29, 0.717) is 19.8 Å². The van der Waals surface area contributed by atoms with Gasteiger partial charge in [-0.1, -0.05) is 0 Å². The van der Waals surface area contributed by atoms with Gasteiger partial charge < -0.3 is 14.7 Å². The number of carboxylic acids is 1. The van der Waals surface area contributed by atoms with Gasteiger partial charge in [0.2, 0.25) is 5.91 Å². The Morgan fingerprint density at radius 2 is 2.18 bits per heavy atom. The lowest BCUT2D eigenvalue weighted by Gasteiger charge is -2.34. The van der Waals surface area contributed by atoms with Crippen molar-refractivity contribution < 1.29 is 19.4 Å². The van der Waals surface area contributed by atoms with Gasteiger partial charge in [-0.3, -0.25) is 4.79 Å². The van der Waals surface area contributed by atoms with Crippen molar-refractivity contribution in [3.63, 3.8) is 0 Å². The van der Waals surface area contributed by atoms with Crippen LogP contribution in [0.3, 0.4) is 0 Å². The minimum Gasteiger partial charge on any atom is -0.478 e. The molecule has 1 aliphatic heterocycles. The molecule has 5 heteroatoms. The van der Waals surface area contributed by atoms with Gasteiger partial charge in [0.05, 0.1) is 12.6 Å². The third kappa shape index (κ3) is 4.56. The van der Waals surface area contributed by atoms with Crippen LogP contribution in [-0.4, -0.2) is 47.7 Å². The Kier molecular flexibility index (Phi) is 5.69. The molecule has 1 fully saturated rings. The molecule has 1 rings (SSSR count). The zero-order chi connectivity index (χ0) is 12.7. The van der Waals surface area contributed by atoms with Crippen LogP contribution < -0.4 is 0 Å². The number of carboxylic acid groups (broad SMARTS) is 1. The van der Waals surface area contributed by atoms with Crippen molar-refractivity contribution in [2.75, 3.05) is 19.8 Å². The molecule has 0 unspecified atom stereocenters. The van der Waals surface area contributed by atoms with E-state index < -0.39 is 5.97 Å². The van der Waals surface area contributed by atoms with Crippen LogP contribution in [0, 0.1) is 0 Å². The topological polar surface area (TPSA) is 66.8 Å². The number of nitrogens with zero attached hydrogens (tertiary/aromatic N) is 1. The molecule has 17 heavy (non-hydrogen) atoms. The highest BCUT2D eigenvalue weighted by atomic mass is 16.5. The molecular formula is C12H19NO4. The van der Waals surface area contributed by atoms with Gasteiger partial charge in [0.15, 0.2) is 0 Å². The average Bonchev–Trinajstić information content (AvgIpc) is 2.33. The van der Waals surface area contributed by atoms with Crippen molar-refractivity contribution in [3.8, 4) is 0 Å². The minimum atomic E-state index is -1.10. The summed E-state index contributed by atoms with van der Waals surface area (Å²) in [6.07, 6.45) is 4.98. The Bertz CT molecular complexity index is 301. The van der Waals surface area contributed by atoms with Crippen molar-refractivity contribution in [2.45, 2.75) is 32.2 Å². The predicted octanol–water partition coefficient (Wildman–Crippen LogP) is 1.04. The summed E-state index contributed by atoms with van der Waals surface area (Å²) in [4.78, 5) is 23.9. The van der Waals surface area contributed by atoms with Crippen molar-refractivity contribution in [3.05, 3.63) is 12.2 Å². The lowest BCUT2D eigenvalue weighted by atomic mass is 10.0. The molecular weight excluding hydrogens is 222 g/mol. The van der Waals surface area contributed by atoms with Crippen LogP contribution in [0.1, 0.15) is 26.2 Å². The van der Waals surface area contributed by atoms with Gasteiger partial charge in [-0.15, -0.1) is 0 Å². The van der Waals surface area contributed by atoms with Gasteiger partial charge in [0.25, 0.3) is 0 Å². The molecule has 0 aliphatic carbocycles. The molecule has 0 radical (unpaired) electrons. The number of likely N-dealkylation sites (tertiary alicyclic amines) is 1. The van der Waals surface area contributed by atoms with E-state index in [1.807, 2.05) is 6.92 Å². The lowest BCUT2D eigenvalue weighted by molar-refractivity contribution is -0.133. The maximum Gasteiger partial charge on any atom is 0.328 e.